The summed E-state index contributed by atoms with van der Waals surface area (Å²) in [6.07, 6.45) is -1.70. The lowest BCUT2D eigenvalue weighted by atomic mass is 9.93. The summed E-state index contributed by atoms with van der Waals surface area (Å²) in [5.74, 6) is 0. The summed E-state index contributed by atoms with van der Waals surface area (Å²) in [6, 6.07) is 18.7. The Hall–Kier alpha value is -2.42. The summed E-state index contributed by atoms with van der Waals surface area (Å²) in [5, 5.41) is 27.9. The average Bonchev–Trinajstić information content (AvgIpc) is 2.85. The molecule has 0 saturated heterocycles. The Balaban J connectivity index is 2.08. The highest BCUT2D eigenvalue weighted by Crippen LogP contribution is 2.49. The predicted molar refractivity (Wildman–Crippen MR) is 93.6 cm³/mol. The molecule has 4 aromatic carbocycles. The summed E-state index contributed by atoms with van der Waals surface area (Å²) in [6.45, 7) is 1.99. The first-order valence-corrected chi connectivity index (χ1v) is 7.90. The first-order chi connectivity index (χ1) is 11.2. The van der Waals surface area contributed by atoms with E-state index in [1.807, 2.05) is 25.1 Å². The van der Waals surface area contributed by atoms with Gasteiger partial charge < -0.3 is 10.2 Å². The summed E-state index contributed by atoms with van der Waals surface area (Å²) in [7, 11) is 0. The number of benzene rings is 4. The van der Waals surface area contributed by atoms with E-state index in [0.29, 0.717) is 0 Å². The Morgan fingerprint density at radius 3 is 2.30 bits per heavy atom. The van der Waals surface area contributed by atoms with Crippen LogP contribution in [0, 0.1) is 6.92 Å². The van der Waals surface area contributed by atoms with Gasteiger partial charge in [-0.05, 0) is 62.0 Å². The van der Waals surface area contributed by atoms with Gasteiger partial charge in [0.1, 0.15) is 12.2 Å². The van der Waals surface area contributed by atoms with Crippen LogP contribution in [0.4, 0.5) is 0 Å². The van der Waals surface area contributed by atoms with E-state index >= 15 is 0 Å². The molecule has 1 aliphatic carbocycles. The Kier molecular flexibility index (Phi) is 2.45. The molecule has 0 spiro atoms. The minimum absolute atomic E-state index is 0.842. The molecule has 0 radical (unpaired) electrons. The standard InChI is InChI=1S/C21H16O2/c1-11-6-7-13-10-16-14-5-3-2-4-12(14)8-9-15(16)19-18(13)17(11)20(22)21(19)23/h2-10,20-23H,1H3. The van der Waals surface area contributed by atoms with Gasteiger partial charge in [-0.25, -0.2) is 0 Å². The smallest absolute Gasteiger partial charge is 0.110 e. The number of hydrogen-bond donors (Lipinski definition) is 2. The molecule has 2 unspecified atom stereocenters. The second-order valence-corrected chi connectivity index (χ2v) is 6.46. The van der Waals surface area contributed by atoms with Gasteiger partial charge in [0.05, 0.1) is 0 Å². The van der Waals surface area contributed by atoms with E-state index in [-0.39, 0.29) is 0 Å². The lowest BCUT2D eigenvalue weighted by Gasteiger charge is -2.13. The zero-order valence-corrected chi connectivity index (χ0v) is 12.7. The Morgan fingerprint density at radius 1 is 0.696 bits per heavy atom. The maximum Gasteiger partial charge on any atom is 0.110 e. The van der Waals surface area contributed by atoms with Gasteiger partial charge in [0, 0.05) is 0 Å². The molecule has 0 bridgehead atoms. The van der Waals surface area contributed by atoms with Gasteiger partial charge in [0.25, 0.3) is 0 Å². The molecule has 23 heavy (non-hydrogen) atoms. The fourth-order valence-electron chi connectivity index (χ4n) is 4.14. The first-order valence-electron chi connectivity index (χ1n) is 7.90. The first kappa shape index (κ1) is 13.1. The molecule has 0 heterocycles. The fourth-order valence-corrected chi connectivity index (χ4v) is 4.14. The highest BCUT2D eigenvalue weighted by molar-refractivity contribution is 6.15. The van der Waals surface area contributed by atoms with Gasteiger partial charge in [-0.2, -0.15) is 0 Å². The maximum atomic E-state index is 10.7. The third kappa shape index (κ3) is 1.55. The molecule has 5 rings (SSSR count). The van der Waals surface area contributed by atoms with Gasteiger partial charge in [0.2, 0.25) is 0 Å². The van der Waals surface area contributed by atoms with Crippen molar-refractivity contribution < 1.29 is 10.2 Å². The van der Waals surface area contributed by atoms with E-state index in [0.717, 1.165) is 38.2 Å². The summed E-state index contributed by atoms with van der Waals surface area (Å²) < 4.78 is 0. The molecule has 2 heteroatoms. The molecular weight excluding hydrogens is 284 g/mol. The zero-order valence-electron chi connectivity index (χ0n) is 12.7. The topological polar surface area (TPSA) is 40.5 Å². The van der Waals surface area contributed by atoms with Gasteiger partial charge in [-0.3, -0.25) is 0 Å². The number of aliphatic hydroxyl groups excluding tert-OH is 2. The minimum Gasteiger partial charge on any atom is -0.385 e. The second-order valence-electron chi connectivity index (χ2n) is 6.46. The molecule has 1 aliphatic rings. The van der Waals surface area contributed by atoms with Crippen LogP contribution >= 0.6 is 0 Å². The van der Waals surface area contributed by atoms with E-state index in [1.165, 1.54) is 10.8 Å². The van der Waals surface area contributed by atoms with Crippen LogP contribution in [0.3, 0.4) is 0 Å². The van der Waals surface area contributed by atoms with E-state index < -0.39 is 12.2 Å². The molecule has 0 aliphatic heterocycles. The third-order valence-corrected chi connectivity index (χ3v) is 5.22. The normalized spacial score (nSPS) is 20.0. The Labute approximate surface area is 133 Å². The van der Waals surface area contributed by atoms with Gasteiger partial charge >= 0.3 is 0 Å². The third-order valence-electron chi connectivity index (χ3n) is 5.22. The number of rotatable bonds is 0. The summed E-state index contributed by atoms with van der Waals surface area (Å²) in [5.41, 5.74) is 2.78. The van der Waals surface area contributed by atoms with E-state index in [1.54, 1.807) is 0 Å². The molecule has 0 saturated carbocycles. The monoisotopic (exact) mass is 300 g/mol. The van der Waals surface area contributed by atoms with Crippen LogP contribution in [0.5, 0.6) is 0 Å². The van der Waals surface area contributed by atoms with E-state index in [9.17, 15) is 10.2 Å². The van der Waals surface area contributed by atoms with Crippen molar-refractivity contribution in [1.82, 2.24) is 0 Å². The fraction of sp³-hybridized carbons (Fsp3) is 0.143. The molecule has 2 N–H and O–H groups in total. The largest absolute Gasteiger partial charge is 0.385 e. The maximum absolute atomic E-state index is 10.7. The van der Waals surface area contributed by atoms with Crippen molar-refractivity contribution >= 4 is 32.3 Å². The van der Waals surface area contributed by atoms with Crippen molar-refractivity contribution in [1.29, 1.82) is 0 Å². The van der Waals surface area contributed by atoms with Gasteiger partial charge in [-0.15, -0.1) is 0 Å². The van der Waals surface area contributed by atoms with Crippen LogP contribution in [-0.4, -0.2) is 10.2 Å². The van der Waals surface area contributed by atoms with Crippen molar-refractivity contribution in [2.75, 3.05) is 0 Å². The van der Waals surface area contributed by atoms with E-state index in [2.05, 4.69) is 36.4 Å². The number of hydrogen-bond acceptors (Lipinski definition) is 2. The predicted octanol–water partition coefficient (Wildman–Crippen LogP) is 4.54. The zero-order chi connectivity index (χ0) is 15.7. The van der Waals surface area contributed by atoms with E-state index in [4.69, 9.17) is 0 Å². The molecule has 2 nitrogen and oxygen atoms in total. The van der Waals surface area contributed by atoms with Crippen molar-refractivity contribution in [2.45, 2.75) is 19.1 Å². The van der Waals surface area contributed by atoms with Crippen molar-refractivity contribution in [3.8, 4) is 0 Å². The number of aliphatic hydroxyl groups is 2. The second kappa shape index (κ2) is 4.31. The van der Waals surface area contributed by atoms with Crippen molar-refractivity contribution in [3.63, 3.8) is 0 Å². The van der Waals surface area contributed by atoms with Gasteiger partial charge in [0.15, 0.2) is 0 Å². The molecule has 4 aromatic rings. The van der Waals surface area contributed by atoms with Crippen molar-refractivity contribution in [2.24, 2.45) is 0 Å². The lowest BCUT2D eigenvalue weighted by molar-refractivity contribution is 0.0257. The van der Waals surface area contributed by atoms with Crippen LogP contribution in [0.15, 0.2) is 54.6 Å². The molecule has 0 fully saturated rings. The average molecular weight is 300 g/mol. The highest BCUT2D eigenvalue weighted by Gasteiger charge is 2.34. The summed E-state index contributed by atoms with van der Waals surface area (Å²) in [4.78, 5) is 0. The van der Waals surface area contributed by atoms with Gasteiger partial charge in [-0.1, -0.05) is 48.5 Å². The quantitative estimate of drug-likeness (QED) is 0.370. The minimum atomic E-state index is -0.863. The molecular formula is C21H16O2. The number of aryl methyl sites for hydroxylation is 1. The van der Waals surface area contributed by atoms with Crippen LogP contribution in [-0.2, 0) is 0 Å². The Bertz CT molecular complexity index is 1110. The van der Waals surface area contributed by atoms with Crippen molar-refractivity contribution in [3.05, 3.63) is 71.3 Å². The Morgan fingerprint density at radius 2 is 1.43 bits per heavy atom. The van der Waals surface area contributed by atoms with Crippen LogP contribution in [0.1, 0.15) is 28.9 Å². The SMILES string of the molecule is Cc1ccc2cc3c(ccc4ccccc43)c3c2c1C(O)C3O. The molecule has 0 aromatic heterocycles. The molecule has 0 amide bonds. The summed E-state index contributed by atoms with van der Waals surface area (Å²) >= 11 is 0. The molecule has 2 atom stereocenters. The lowest BCUT2D eigenvalue weighted by Crippen LogP contribution is -2.04. The van der Waals surface area contributed by atoms with Crippen LogP contribution < -0.4 is 0 Å². The van der Waals surface area contributed by atoms with Crippen LogP contribution in [0.2, 0.25) is 0 Å². The van der Waals surface area contributed by atoms with Crippen LogP contribution in [0.25, 0.3) is 32.3 Å². The molecule has 112 valence electrons. The highest BCUT2D eigenvalue weighted by atomic mass is 16.3. The number of fused-ring (bicyclic) bond motifs is 4.